The van der Waals surface area contributed by atoms with E-state index in [1.807, 2.05) is 0 Å². The average molecular weight is 268 g/mol. The van der Waals surface area contributed by atoms with E-state index in [2.05, 4.69) is 20.7 Å². The Morgan fingerprint density at radius 3 is 2.71 bits per heavy atom. The molecule has 0 amide bonds. The molecule has 0 radical (unpaired) electrons. The molecule has 0 atom stereocenters. The first-order valence-corrected chi connectivity index (χ1v) is 4.17. The van der Waals surface area contributed by atoms with Gasteiger partial charge in [0.05, 0.1) is 9.40 Å². The highest BCUT2D eigenvalue weighted by atomic mass is 79.9. The molecular formula is C7H4BrF2NO3. The van der Waals surface area contributed by atoms with E-state index in [0.29, 0.717) is 0 Å². The van der Waals surface area contributed by atoms with Crippen molar-refractivity contribution in [2.75, 3.05) is 6.86 Å². The van der Waals surface area contributed by atoms with Crippen LogP contribution in [0, 0.1) is 15.9 Å². The van der Waals surface area contributed by atoms with Crippen LogP contribution in [0.3, 0.4) is 0 Å². The number of alkyl halides is 1. The predicted octanol–water partition coefficient (Wildman–Crippen LogP) is 2.80. The largest absolute Gasteiger partial charge is 0.462 e. The first kappa shape index (κ1) is 10.8. The highest BCUT2D eigenvalue weighted by Crippen LogP contribution is 2.31. The molecule has 14 heavy (non-hydrogen) atoms. The number of ether oxygens (including phenoxy) is 1. The van der Waals surface area contributed by atoms with E-state index >= 15 is 0 Å². The molecule has 0 heterocycles. The highest BCUT2D eigenvalue weighted by Gasteiger charge is 2.17. The summed E-state index contributed by atoms with van der Waals surface area (Å²) < 4.78 is 29.2. The van der Waals surface area contributed by atoms with Crippen LogP contribution in [0.1, 0.15) is 0 Å². The summed E-state index contributed by atoms with van der Waals surface area (Å²) in [6.45, 7) is -1.13. The second kappa shape index (κ2) is 4.32. The number of rotatable bonds is 3. The Bertz CT molecular complexity index is 372. The molecule has 0 aliphatic heterocycles. The Hall–Kier alpha value is -1.24. The zero-order chi connectivity index (χ0) is 10.7. The maximum atomic E-state index is 12.9. The molecule has 0 N–H and O–H groups in total. The fraction of sp³-hybridized carbons (Fsp3) is 0.143. The van der Waals surface area contributed by atoms with Gasteiger partial charge in [0, 0.05) is 12.1 Å². The lowest BCUT2D eigenvalue weighted by molar-refractivity contribution is -0.387. The summed E-state index contributed by atoms with van der Waals surface area (Å²) in [7, 11) is 0. The molecule has 0 saturated heterocycles. The molecule has 1 rings (SSSR count). The van der Waals surface area contributed by atoms with Crippen LogP contribution < -0.4 is 4.74 Å². The second-order valence-electron chi connectivity index (χ2n) is 2.24. The van der Waals surface area contributed by atoms with Crippen LogP contribution in [0.2, 0.25) is 0 Å². The first-order chi connectivity index (χ1) is 6.56. The van der Waals surface area contributed by atoms with E-state index in [4.69, 9.17) is 0 Å². The number of hydrogen-bond acceptors (Lipinski definition) is 3. The van der Waals surface area contributed by atoms with E-state index in [9.17, 15) is 18.9 Å². The number of nitro groups is 1. The third-order valence-electron chi connectivity index (χ3n) is 1.41. The minimum Gasteiger partial charge on any atom is -0.462 e. The Morgan fingerprint density at radius 2 is 2.21 bits per heavy atom. The molecule has 0 aliphatic rings. The van der Waals surface area contributed by atoms with Gasteiger partial charge in [-0.3, -0.25) is 10.1 Å². The molecule has 7 heteroatoms. The lowest BCUT2D eigenvalue weighted by Crippen LogP contribution is -1.96. The van der Waals surface area contributed by atoms with Gasteiger partial charge in [-0.2, -0.15) is 4.39 Å². The molecule has 76 valence electrons. The van der Waals surface area contributed by atoms with E-state index in [1.54, 1.807) is 0 Å². The standard InChI is InChI=1S/C7H4BrF2NO3/c8-4-1-6(11(12)13)5(10)2-7(4)14-3-9/h1-2H,3H2. The number of halogens is 3. The van der Waals surface area contributed by atoms with Crippen molar-refractivity contribution in [3.05, 3.63) is 32.5 Å². The van der Waals surface area contributed by atoms with Crippen molar-refractivity contribution < 1.29 is 18.4 Å². The second-order valence-corrected chi connectivity index (χ2v) is 3.10. The summed E-state index contributed by atoms with van der Waals surface area (Å²) in [5.41, 5.74) is -0.692. The van der Waals surface area contributed by atoms with Gasteiger partial charge in [-0.15, -0.1) is 0 Å². The van der Waals surface area contributed by atoms with Gasteiger partial charge in [-0.05, 0) is 15.9 Å². The van der Waals surface area contributed by atoms with Crippen molar-refractivity contribution in [1.29, 1.82) is 0 Å². The predicted molar refractivity (Wildman–Crippen MR) is 47.4 cm³/mol. The number of nitrogens with zero attached hydrogens (tertiary/aromatic N) is 1. The molecular weight excluding hydrogens is 264 g/mol. The Morgan fingerprint density at radius 1 is 1.57 bits per heavy atom. The maximum absolute atomic E-state index is 12.9. The minimum atomic E-state index is -1.13. The lowest BCUT2D eigenvalue weighted by Gasteiger charge is -2.03. The van der Waals surface area contributed by atoms with Crippen LogP contribution in [-0.4, -0.2) is 11.8 Å². The summed E-state index contributed by atoms with van der Waals surface area (Å²) in [5.74, 6) is -1.18. The van der Waals surface area contributed by atoms with Gasteiger partial charge in [0.15, 0.2) is 0 Å². The molecule has 0 aromatic heterocycles. The Labute approximate surface area is 85.8 Å². The summed E-state index contributed by atoms with van der Waals surface area (Å²) in [5, 5.41) is 10.3. The third kappa shape index (κ3) is 2.16. The third-order valence-corrected chi connectivity index (χ3v) is 2.03. The quantitative estimate of drug-likeness (QED) is 0.625. The molecule has 0 bridgehead atoms. The fourth-order valence-corrected chi connectivity index (χ4v) is 1.27. The van der Waals surface area contributed by atoms with Crippen molar-refractivity contribution >= 4 is 21.6 Å². The van der Waals surface area contributed by atoms with E-state index < -0.39 is 23.3 Å². The molecule has 0 saturated carbocycles. The summed E-state index contributed by atoms with van der Waals surface area (Å²) in [6, 6.07) is 1.67. The number of nitro benzene ring substituents is 1. The minimum absolute atomic E-state index is 0.115. The lowest BCUT2D eigenvalue weighted by atomic mass is 10.3. The van der Waals surface area contributed by atoms with Gasteiger partial charge in [0.25, 0.3) is 0 Å². The maximum Gasteiger partial charge on any atom is 0.306 e. The van der Waals surface area contributed by atoms with Gasteiger partial charge in [-0.25, -0.2) is 4.39 Å². The highest BCUT2D eigenvalue weighted by molar-refractivity contribution is 9.10. The van der Waals surface area contributed by atoms with E-state index in [-0.39, 0.29) is 10.2 Å². The summed E-state index contributed by atoms with van der Waals surface area (Å²) in [6.07, 6.45) is 0. The van der Waals surface area contributed by atoms with Crippen LogP contribution in [0.4, 0.5) is 14.5 Å². The zero-order valence-corrected chi connectivity index (χ0v) is 8.25. The van der Waals surface area contributed by atoms with Crippen LogP contribution >= 0.6 is 15.9 Å². The number of hydrogen-bond donors (Lipinski definition) is 0. The zero-order valence-electron chi connectivity index (χ0n) is 6.67. The molecule has 4 nitrogen and oxygen atoms in total. The topological polar surface area (TPSA) is 52.4 Å². The van der Waals surface area contributed by atoms with Gasteiger partial charge in [0.1, 0.15) is 5.75 Å². The Balaban J connectivity index is 3.17. The molecule has 1 aromatic carbocycles. The van der Waals surface area contributed by atoms with E-state index in [1.165, 1.54) is 0 Å². The van der Waals surface area contributed by atoms with Crippen molar-refractivity contribution in [1.82, 2.24) is 0 Å². The van der Waals surface area contributed by atoms with Gasteiger partial charge < -0.3 is 4.74 Å². The molecule has 1 aromatic rings. The summed E-state index contributed by atoms with van der Waals surface area (Å²) in [4.78, 5) is 9.40. The molecule has 0 fully saturated rings. The van der Waals surface area contributed by atoms with Crippen LogP contribution in [0.25, 0.3) is 0 Å². The van der Waals surface area contributed by atoms with Crippen molar-refractivity contribution in [3.8, 4) is 5.75 Å². The molecule has 0 spiro atoms. The molecule has 0 unspecified atom stereocenters. The van der Waals surface area contributed by atoms with Crippen molar-refractivity contribution in [3.63, 3.8) is 0 Å². The first-order valence-electron chi connectivity index (χ1n) is 3.38. The summed E-state index contributed by atoms with van der Waals surface area (Å²) >= 11 is 2.89. The SMILES string of the molecule is O=[N+]([O-])c1cc(Br)c(OCF)cc1F. The average Bonchev–Trinajstić information content (AvgIpc) is 2.10. The monoisotopic (exact) mass is 267 g/mol. The number of benzene rings is 1. The van der Waals surface area contributed by atoms with Crippen LogP contribution in [0.5, 0.6) is 5.75 Å². The van der Waals surface area contributed by atoms with Crippen LogP contribution in [0.15, 0.2) is 16.6 Å². The fourth-order valence-electron chi connectivity index (χ4n) is 0.827. The van der Waals surface area contributed by atoms with Gasteiger partial charge in [-0.1, -0.05) is 0 Å². The smallest absolute Gasteiger partial charge is 0.306 e. The Kier molecular flexibility index (Phi) is 3.34. The van der Waals surface area contributed by atoms with Crippen molar-refractivity contribution in [2.45, 2.75) is 0 Å². The van der Waals surface area contributed by atoms with Crippen LogP contribution in [-0.2, 0) is 0 Å². The van der Waals surface area contributed by atoms with Gasteiger partial charge >= 0.3 is 5.69 Å². The van der Waals surface area contributed by atoms with E-state index in [0.717, 1.165) is 12.1 Å². The van der Waals surface area contributed by atoms with Gasteiger partial charge in [0.2, 0.25) is 12.7 Å². The van der Waals surface area contributed by atoms with Crippen molar-refractivity contribution in [2.24, 2.45) is 0 Å². The molecule has 0 aliphatic carbocycles. The normalized spacial score (nSPS) is 9.93.